The fourth-order valence-electron chi connectivity index (χ4n) is 4.40. The molecule has 0 radical (unpaired) electrons. The van der Waals surface area contributed by atoms with Crippen LogP contribution >= 0.6 is 0 Å². The zero-order valence-electron chi connectivity index (χ0n) is 17.0. The number of halogens is 3. The number of hydrogen-bond acceptors (Lipinski definition) is 6. The smallest absolute Gasteiger partial charge is 0.449 e. The number of ether oxygens (including phenoxy) is 4. The van der Waals surface area contributed by atoms with Crippen LogP contribution in [0.25, 0.3) is 0 Å². The first kappa shape index (κ1) is 19.8. The minimum absolute atomic E-state index is 0.0206. The predicted octanol–water partition coefficient (Wildman–Crippen LogP) is 4.86. The minimum Gasteiger partial charge on any atom is -0.488 e. The van der Waals surface area contributed by atoms with Crippen LogP contribution in [0.2, 0.25) is 0 Å². The molecule has 170 valence electrons. The van der Waals surface area contributed by atoms with E-state index in [0.29, 0.717) is 47.3 Å². The number of carbonyl (C=O) groups excluding carboxylic acids is 1. The highest BCUT2D eigenvalue weighted by molar-refractivity contribution is 5.92. The molecule has 3 aliphatic heterocycles. The Bertz CT molecular complexity index is 1270. The number of anilines is 1. The Morgan fingerprint density at radius 2 is 1.67 bits per heavy atom. The van der Waals surface area contributed by atoms with Crippen LogP contribution in [0.15, 0.2) is 52.9 Å². The molecule has 6 rings (SSSR count). The van der Waals surface area contributed by atoms with E-state index >= 15 is 0 Å². The lowest BCUT2D eigenvalue weighted by Gasteiger charge is -2.39. The van der Waals surface area contributed by atoms with E-state index in [0.717, 1.165) is 6.07 Å². The van der Waals surface area contributed by atoms with Crippen molar-refractivity contribution >= 4 is 11.8 Å². The first-order valence-electron chi connectivity index (χ1n) is 10.2. The second-order valence-electron chi connectivity index (χ2n) is 7.84. The maximum absolute atomic E-state index is 13.2. The van der Waals surface area contributed by atoms with Crippen molar-refractivity contribution in [2.24, 2.45) is 0 Å². The highest BCUT2D eigenvalue weighted by Crippen LogP contribution is 2.53. The Morgan fingerprint density at radius 3 is 2.42 bits per heavy atom. The standard InChI is InChI=1S/C23H16F3NO6/c24-23(25,26)20-6-5-13(32-20)11-27-16-4-2-1-3-14(16)22(33-21(27)28)12-31-17-10-19-18(9-15(17)22)29-7-8-30-19/h1-6,9-10H,7-8,11-12H2. The van der Waals surface area contributed by atoms with Crippen molar-refractivity contribution < 1.29 is 41.3 Å². The molecule has 0 saturated heterocycles. The summed E-state index contributed by atoms with van der Waals surface area (Å²) in [5, 5.41) is 0. The Morgan fingerprint density at radius 1 is 0.909 bits per heavy atom. The van der Waals surface area contributed by atoms with E-state index in [1.807, 2.05) is 0 Å². The molecule has 4 heterocycles. The van der Waals surface area contributed by atoms with E-state index in [9.17, 15) is 18.0 Å². The average Bonchev–Trinajstić information content (AvgIpc) is 3.41. The molecule has 0 aliphatic carbocycles. The second kappa shape index (κ2) is 6.84. The van der Waals surface area contributed by atoms with Crippen molar-refractivity contribution in [2.75, 3.05) is 24.7 Å². The van der Waals surface area contributed by atoms with Crippen molar-refractivity contribution in [3.05, 3.63) is 71.2 Å². The normalized spacial score (nSPS) is 20.8. The molecule has 2 aromatic carbocycles. The van der Waals surface area contributed by atoms with Crippen LogP contribution in [0, 0.1) is 0 Å². The number of rotatable bonds is 2. The molecule has 10 heteroatoms. The summed E-state index contributed by atoms with van der Waals surface area (Å²) < 4.78 is 66.8. The van der Waals surface area contributed by atoms with E-state index in [1.165, 1.54) is 11.0 Å². The van der Waals surface area contributed by atoms with Gasteiger partial charge in [0.15, 0.2) is 11.5 Å². The zero-order valence-corrected chi connectivity index (χ0v) is 17.0. The largest absolute Gasteiger partial charge is 0.488 e. The van der Waals surface area contributed by atoms with Crippen LogP contribution in [0.4, 0.5) is 23.7 Å². The van der Waals surface area contributed by atoms with E-state index in [-0.39, 0.29) is 18.9 Å². The van der Waals surface area contributed by atoms with Crippen LogP contribution < -0.4 is 19.1 Å². The molecule has 1 spiro atoms. The molecular weight excluding hydrogens is 443 g/mol. The van der Waals surface area contributed by atoms with Gasteiger partial charge in [0.2, 0.25) is 11.4 Å². The summed E-state index contributed by atoms with van der Waals surface area (Å²) in [6, 6.07) is 12.5. The van der Waals surface area contributed by atoms with Gasteiger partial charge in [-0.15, -0.1) is 0 Å². The first-order valence-corrected chi connectivity index (χ1v) is 10.2. The Labute approximate surface area is 185 Å². The van der Waals surface area contributed by atoms with Gasteiger partial charge in [-0.2, -0.15) is 13.2 Å². The Balaban J connectivity index is 1.41. The van der Waals surface area contributed by atoms with Gasteiger partial charge in [-0.25, -0.2) is 4.79 Å². The Kier molecular flexibility index (Phi) is 4.11. The molecule has 3 aliphatic rings. The maximum Gasteiger partial charge on any atom is 0.449 e. The lowest BCUT2D eigenvalue weighted by Crippen LogP contribution is -2.47. The third-order valence-electron chi connectivity index (χ3n) is 5.88. The molecule has 1 amide bonds. The third-order valence-corrected chi connectivity index (χ3v) is 5.88. The molecule has 0 fully saturated rings. The SMILES string of the molecule is O=C1OC2(COc3cc4c(cc32)OCCO4)c2ccccc2N1Cc1ccc(C(F)(F)F)o1. The molecule has 1 aromatic heterocycles. The highest BCUT2D eigenvalue weighted by Gasteiger charge is 2.52. The number of benzene rings is 2. The summed E-state index contributed by atoms with van der Waals surface area (Å²) in [6.07, 6.45) is -5.34. The van der Waals surface area contributed by atoms with Crippen molar-refractivity contribution in [1.29, 1.82) is 0 Å². The molecule has 0 N–H and O–H groups in total. The number of alkyl halides is 3. The molecular formula is C23H16F3NO6. The Hall–Kier alpha value is -3.82. The van der Waals surface area contributed by atoms with Gasteiger partial charge in [0.25, 0.3) is 0 Å². The minimum atomic E-state index is -4.61. The summed E-state index contributed by atoms with van der Waals surface area (Å²) in [5.41, 5.74) is 0.521. The van der Waals surface area contributed by atoms with Crippen LogP contribution in [0.3, 0.4) is 0 Å². The van der Waals surface area contributed by atoms with Gasteiger partial charge in [0, 0.05) is 17.2 Å². The van der Waals surface area contributed by atoms with Gasteiger partial charge in [0.05, 0.1) is 12.2 Å². The number of carbonyl (C=O) groups is 1. The lowest BCUT2D eigenvalue weighted by atomic mass is 9.85. The van der Waals surface area contributed by atoms with Crippen LogP contribution in [0.5, 0.6) is 17.2 Å². The zero-order chi connectivity index (χ0) is 22.8. The van der Waals surface area contributed by atoms with Crippen LogP contribution in [-0.4, -0.2) is 25.9 Å². The molecule has 3 aromatic rings. The second-order valence-corrected chi connectivity index (χ2v) is 7.84. The number of hydrogen-bond donors (Lipinski definition) is 0. The first-order chi connectivity index (χ1) is 15.8. The quantitative estimate of drug-likeness (QED) is 0.545. The predicted molar refractivity (Wildman–Crippen MR) is 107 cm³/mol. The lowest BCUT2D eigenvalue weighted by molar-refractivity contribution is -0.153. The molecule has 0 saturated carbocycles. The molecule has 7 nitrogen and oxygen atoms in total. The number of fused-ring (bicyclic) bond motifs is 5. The summed E-state index contributed by atoms with van der Waals surface area (Å²) >= 11 is 0. The maximum atomic E-state index is 13.2. The van der Waals surface area contributed by atoms with E-state index in [1.54, 1.807) is 36.4 Å². The van der Waals surface area contributed by atoms with Crippen LogP contribution in [0.1, 0.15) is 22.6 Å². The fraction of sp³-hybridized carbons (Fsp3) is 0.261. The summed E-state index contributed by atoms with van der Waals surface area (Å²) in [4.78, 5) is 14.4. The number of furan rings is 1. The number of amides is 1. The summed E-state index contributed by atoms with van der Waals surface area (Å²) in [5.74, 6) is 0.435. The number of para-hydroxylation sites is 1. The third kappa shape index (κ3) is 3.00. The molecule has 1 unspecified atom stereocenters. The van der Waals surface area contributed by atoms with Crippen LogP contribution in [-0.2, 0) is 23.1 Å². The summed E-state index contributed by atoms with van der Waals surface area (Å²) in [7, 11) is 0. The van der Waals surface area contributed by atoms with Crippen molar-refractivity contribution in [3.8, 4) is 17.2 Å². The molecule has 0 bridgehead atoms. The van der Waals surface area contributed by atoms with Gasteiger partial charge < -0.3 is 23.4 Å². The fourth-order valence-corrected chi connectivity index (χ4v) is 4.40. The van der Waals surface area contributed by atoms with Crippen molar-refractivity contribution in [2.45, 2.75) is 18.3 Å². The average molecular weight is 459 g/mol. The monoisotopic (exact) mass is 459 g/mol. The van der Waals surface area contributed by atoms with Gasteiger partial charge in [-0.3, -0.25) is 4.90 Å². The van der Waals surface area contributed by atoms with Crippen molar-refractivity contribution in [1.82, 2.24) is 0 Å². The van der Waals surface area contributed by atoms with Gasteiger partial charge >= 0.3 is 12.3 Å². The van der Waals surface area contributed by atoms with E-state index in [4.69, 9.17) is 23.4 Å². The van der Waals surface area contributed by atoms with E-state index in [2.05, 4.69) is 0 Å². The van der Waals surface area contributed by atoms with Gasteiger partial charge in [-0.05, 0) is 24.3 Å². The summed E-state index contributed by atoms with van der Waals surface area (Å²) in [6.45, 7) is 0.636. The molecule has 33 heavy (non-hydrogen) atoms. The number of nitrogens with zero attached hydrogens (tertiary/aromatic N) is 1. The van der Waals surface area contributed by atoms with Gasteiger partial charge in [0.1, 0.15) is 31.3 Å². The molecule has 1 atom stereocenters. The highest BCUT2D eigenvalue weighted by atomic mass is 19.4. The topological polar surface area (TPSA) is 70.4 Å². The van der Waals surface area contributed by atoms with Gasteiger partial charge in [-0.1, -0.05) is 18.2 Å². The van der Waals surface area contributed by atoms with Crippen molar-refractivity contribution in [3.63, 3.8) is 0 Å². The van der Waals surface area contributed by atoms with E-state index < -0.39 is 23.6 Å².